The first-order chi connectivity index (χ1) is 12.0. The van der Waals surface area contributed by atoms with Gasteiger partial charge in [-0.25, -0.2) is 4.79 Å². The number of esters is 1. The summed E-state index contributed by atoms with van der Waals surface area (Å²) >= 11 is 5.90. The van der Waals surface area contributed by atoms with Gasteiger partial charge in [0.25, 0.3) is 5.69 Å². The van der Waals surface area contributed by atoms with Crippen molar-refractivity contribution in [3.05, 3.63) is 61.4 Å². The highest BCUT2D eigenvalue weighted by Gasteiger charge is 2.43. The number of ether oxygens (including phenoxy) is 1. The van der Waals surface area contributed by atoms with E-state index in [0.29, 0.717) is 35.2 Å². The summed E-state index contributed by atoms with van der Waals surface area (Å²) in [5.74, 6) is -1.22. The molecule has 0 saturated heterocycles. The van der Waals surface area contributed by atoms with Gasteiger partial charge in [-0.1, -0.05) is 17.7 Å². The number of carbonyl (C=O) groups is 2. The van der Waals surface area contributed by atoms with Crippen molar-refractivity contribution in [1.82, 2.24) is 5.32 Å². The lowest BCUT2D eigenvalue weighted by molar-refractivity contribution is -0.384. The van der Waals surface area contributed by atoms with E-state index in [-0.39, 0.29) is 23.1 Å². The molecule has 1 N–H and O–H groups in total. The Morgan fingerprint density at radius 2 is 2.00 bits per heavy atom. The number of dihydropyridines is 1. The number of nitro groups is 1. The van der Waals surface area contributed by atoms with E-state index in [4.69, 9.17) is 16.3 Å². The largest absolute Gasteiger partial charge is 0.456 e. The van der Waals surface area contributed by atoms with Crippen LogP contribution < -0.4 is 5.32 Å². The zero-order chi connectivity index (χ0) is 17.7. The molecule has 0 amide bonds. The smallest absolute Gasteiger partial charge is 0.337 e. The summed E-state index contributed by atoms with van der Waals surface area (Å²) in [6.07, 6.45) is 1.82. The second-order valence-corrected chi connectivity index (χ2v) is 6.57. The number of nitro benzene ring substituents is 1. The summed E-state index contributed by atoms with van der Waals surface area (Å²) in [5.41, 5.74) is 2.49. The molecule has 0 bridgehead atoms. The molecule has 0 fully saturated rings. The van der Waals surface area contributed by atoms with Crippen LogP contribution in [-0.4, -0.2) is 23.3 Å². The third kappa shape index (κ3) is 2.42. The van der Waals surface area contributed by atoms with Crippen LogP contribution in [0.15, 0.2) is 40.7 Å². The zero-order valence-corrected chi connectivity index (χ0v) is 13.8. The van der Waals surface area contributed by atoms with Gasteiger partial charge in [-0.2, -0.15) is 0 Å². The van der Waals surface area contributed by atoms with E-state index in [9.17, 15) is 19.7 Å². The molecule has 0 aromatic heterocycles. The number of hydrogen-bond acceptors (Lipinski definition) is 6. The molecule has 0 radical (unpaired) electrons. The van der Waals surface area contributed by atoms with E-state index in [1.807, 2.05) is 0 Å². The minimum absolute atomic E-state index is 0.00931. The van der Waals surface area contributed by atoms with Gasteiger partial charge in [0.2, 0.25) is 0 Å². The fraction of sp³-hybridized carbons (Fsp3) is 0.294. The lowest BCUT2D eigenvalue weighted by Crippen LogP contribution is -2.32. The molecule has 2 aliphatic heterocycles. The number of carbonyl (C=O) groups excluding carboxylic acids is 2. The van der Waals surface area contributed by atoms with Crippen molar-refractivity contribution >= 4 is 29.0 Å². The Morgan fingerprint density at radius 3 is 2.76 bits per heavy atom. The Balaban J connectivity index is 1.92. The van der Waals surface area contributed by atoms with Gasteiger partial charge in [0.1, 0.15) is 11.6 Å². The van der Waals surface area contributed by atoms with Crippen LogP contribution in [0.4, 0.5) is 5.69 Å². The van der Waals surface area contributed by atoms with Crippen molar-refractivity contribution in [2.75, 3.05) is 6.61 Å². The van der Waals surface area contributed by atoms with Crippen LogP contribution in [-0.2, 0) is 14.3 Å². The number of halogens is 1. The number of hydrogen-bond donors (Lipinski definition) is 1. The van der Waals surface area contributed by atoms with Gasteiger partial charge in [-0.15, -0.1) is 0 Å². The van der Waals surface area contributed by atoms with E-state index in [2.05, 4.69) is 5.32 Å². The Labute approximate surface area is 147 Å². The van der Waals surface area contributed by atoms with Gasteiger partial charge in [-0.05, 0) is 24.5 Å². The molecule has 0 saturated carbocycles. The number of allylic oxidation sites excluding steroid dienone is 2. The van der Waals surface area contributed by atoms with Crippen molar-refractivity contribution in [3.63, 3.8) is 0 Å². The van der Waals surface area contributed by atoms with E-state index < -0.39 is 16.8 Å². The van der Waals surface area contributed by atoms with Crippen LogP contribution in [0.2, 0.25) is 5.02 Å². The maximum atomic E-state index is 12.6. The topological polar surface area (TPSA) is 98.5 Å². The summed E-state index contributed by atoms with van der Waals surface area (Å²) in [4.78, 5) is 35.5. The van der Waals surface area contributed by atoms with Crippen molar-refractivity contribution in [2.45, 2.75) is 25.2 Å². The van der Waals surface area contributed by atoms with Crippen molar-refractivity contribution in [3.8, 4) is 0 Å². The molecule has 1 aromatic rings. The second kappa shape index (κ2) is 5.70. The lowest BCUT2D eigenvalue weighted by atomic mass is 9.75. The van der Waals surface area contributed by atoms with E-state index in [0.717, 1.165) is 12.1 Å². The first-order valence-electron chi connectivity index (χ1n) is 7.84. The molecule has 128 valence electrons. The molecule has 2 heterocycles. The second-order valence-electron chi connectivity index (χ2n) is 6.16. The summed E-state index contributed by atoms with van der Waals surface area (Å²) in [5, 5.41) is 14.4. The first kappa shape index (κ1) is 15.8. The average molecular weight is 361 g/mol. The molecule has 25 heavy (non-hydrogen) atoms. The molecule has 8 heteroatoms. The summed E-state index contributed by atoms with van der Waals surface area (Å²) < 4.78 is 5.12. The number of ketones is 1. The normalized spacial score (nSPS) is 22.4. The zero-order valence-electron chi connectivity index (χ0n) is 13.0. The minimum Gasteiger partial charge on any atom is -0.456 e. The maximum absolute atomic E-state index is 12.6. The van der Waals surface area contributed by atoms with Crippen LogP contribution >= 0.6 is 11.6 Å². The Bertz CT molecular complexity index is 902. The SMILES string of the molecule is O=C1CCCC2=C1C(c1ccc(Cl)c([N+](=O)[O-])c1)C1=C(COC1=O)N2. The Morgan fingerprint density at radius 1 is 1.20 bits per heavy atom. The van der Waals surface area contributed by atoms with Crippen molar-refractivity contribution in [1.29, 1.82) is 0 Å². The van der Waals surface area contributed by atoms with Gasteiger partial charge < -0.3 is 10.1 Å². The summed E-state index contributed by atoms with van der Waals surface area (Å²) in [6.45, 7) is 0.116. The van der Waals surface area contributed by atoms with Crippen molar-refractivity contribution < 1.29 is 19.2 Å². The van der Waals surface area contributed by atoms with Crippen LogP contribution in [0.1, 0.15) is 30.7 Å². The van der Waals surface area contributed by atoms with E-state index >= 15 is 0 Å². The van der Waals surface area contributed by atoms with Gasteiger partial charge in [0.05, 0.1) is 16.2 Å². The van der Waals surface area contributed by atoms with Crippen LogP contribution in [0.25, 0.3) is 0 Å². The fourth-order valence-corrected chi connectivity index (χ4v) is 3.84. The number of nitrogens with one attached hydrogen (secondary N) is 1. The van der Waals surface area contributed by atoms with E-state index in [1.165, 1.54) is 12.1 Å². The highest BCUT2D eigenvalue weighted by molar-refractivity contribution is 6.32. The molecular formula is C17H13ClN2O5. The molecule has 1 aliphatic carbocycles. The number of Topliss-reactive ketones (excluding diaryl/α,β-unsaturated/α-hetero) is 1. The van der Waals surface area contributed by atoms with Crippen LogP contribution in [0, 0.1) is 10.1 Å². The van der Waals surface area contributed by atoms with Crippen molar-refractivity contribution in [2.24, 2.45) is 0 Å². The van der Waals surface area contributed by atoms with Gasteiger partial charge >= 0.3 is 5.97 Å². The monoisotopic (exact) mass is 360 g/mol. The molecule has 3 aliphatic rings. The molecule has 1 unspecified atom stereocenters. The standard InChI is InChI=1S/C17H13ClN2O5/c18-9-5-4-8(6-12(9)20(23)24)14-15-10(2-1-3-13(15)21)19-11-7-25-17(22)16(11)14/h4-6,14,19H,1-3,7H2. The third-order valence-corrected chi connectivity index (χ3v) is 5.05. The quantitative estimate of drug-likeness (QED) is 0.494. The van der Waals surface area contributed by atoms with Crippen LogP contribution in [0.3, 0.4) is 0 Å². The molecule has 1 aromatic carbocycles. The van der Waals surface area contributed by atoms with Gasteiger partial charge in [0, 0.05) is 29.7 Å². The highest BCUT2D eigenvalue weighted by Crippen LogP contribution is 2.45. The van der Waals surface area contributed by atoms with Gasteiger partial charge in [0.15, 0.2) is 5.78 Å². The molecule has 0 spiro atoms. The fourth-order valence-electron chi connectivity index (χ4n) is 3.65. The lowest BCUT2D eigenvalue weighted by Gasteiger charge is -2.31. The summed E-state index contributed by atoms with van der Waals surface area (Å²) in [6, 6.07) is 4.38. The molecule has 1 atom stereocenters. The highest BCUT2D eigenvalue weighted by atomic mass is 35.5. The van der Waals surface area contributed by atoms with Crippen LogP contribution in [0.5, 0.6) is 0 Å². The molecular weight excluding hydrogens is 348 g/mol. The number of cyclic esters (lactones) is 1. The predicted molar refractivity (Wildman–Crippen MR) is 87.9 cm³/mol. The molecule has 4 rings (SSSR count). The Hall–Kier alpha value is -2.67. The maximum Gasteiger partial charge on any atom is 0.337 e. The van der Waals surface area contributed by atoms with Gasteiger partial charge in [-0.3, -0.25) is 14.9 Å². The molecule has 7 nitrogen and oxygen atoms in total. The Kier molecular flexibility index (Phi) is 3.61. The number of nitrogens with zero attached hydrogens (tertiary/aromatic N) is 1. The average Bonchev–Trinajstić information content (AvgIpc) is 2.94. The third-order valence-electron chi connectivity index (χ3n) is 4.73. The summed E-state index contributed by atoms with van der Waals surface area (Å²) in [7, 11) is 0. The predicted octanol–water partition coefficient (Wildman–Crippen LogP) is 2.75. The minimum atomic E-state index is -0.662. The van der Waals surface area contributed by atoms with E-state index in [1.54, 1.807) is 6.07 Å². The number of rotatable bonds is 2. The number of benzene rings is 1. The first-order valence-corrected chi connectivity index (χ1v) is 8.22.